The van der Waals surface area contributed by atoms with Gasteiger partial charge in [-0.3, -0.25) is 4.79 Å². The molecule has 1 rings (SSSR count). The van der Waals surface area contributed by atoms with Crippen LogP contribution in [0.25, 0.3) is 0 Å². The van der Waals surface area contributed by atoms with Crippen molar-refractivity contribution in [3.8, 4) is 11.8 Å². The van der Waals surface area contributed by atoms with Crippen molar-refractivity contribution in [1.29, 1.82) is 5.26 Å². The smallest absolute Gasteiger partial charge is 0.253 e. The summed E-state index contributed by atoms with van der Waals surface area (Å²) in [5, 5.41) is 11.4. The van der Waals surface area contributed by atoms with E-state index in [0.717, 1.165) is 0 Å². The Labute approximate surface area is 100.0 Å². The Kier molecular flexibility index (Phi) is 4.49. The number of benzene rings is 1. The molecule has 17 heavy (non-hydrogen) atoms. The van der Waals surface area contributed by atoms with Gasteiger partial charge in [0.05, 0.1) is 24.4 Å². The lowest BCUT2D eigenvalue weighted by molar-refractivity contribution is -0.124. The highest BCUT2D eigenvalue weighted by Gasteiger charge is 2.14. The molecule has 0 aliphatic rings. The van der Waals surface area contributed by atoms with Gasteiger partial charge < -0.3 is 14.8 Å². The summed E-state index contributed by atoms with van der Waals surface area (Å²) in [6.45, 7) is 1.64. The zero-order valence-electron chi connectivity index (χ0n) is 9.98. The van der Waals surface area contributed by atoms with E-state index in [1.54, 1.807) is 25.1 Å². The molecule has 1 atom stereocenters. The second kappa shape index (κ2) is 5.87. The maximum absolute atomic E-state index is 11.6. The number of nitrogens with zero attached hydrogens (tertiary/aromatic N) is 1. The van der Waals surface area contributed by atoms with Gasteiger partial charge in [0.25, 0.3) is 5.91 Å². The minimum Gasteiger partial charge on any atom is -0.495 e. The van der Waals surface area contributed by atoms with Crippen LogP contribution in [-0.4, -0.2) is 26.2 Å². The molecule has 5 heteroatoms. The predicted octanol–water partition coefficient (Wildman–Crippen LogP) is 1.54. The number of carbonyl (C=O) groups excluding carboxylic acids is 1. The molecule has 0 saturated carbocycles. The summed E-state index contributed by atoms with van der Waals surface area (Å²) in [5.74, 6) is 0.177. The van der Waals surface area contributed by atoms with Crippen LogP contribution in [0, 0.1) is 11.3 Å². The molecule has 0 radical (unpaired) electrons. The van der Waals surface area contributed by atoms with Gasteiger partial charge in [0, 0.05) is 13.2 Å². The first-order valence-electron chi connectivity index (χ1n) is 5.04. The Bertz CT molecular complexity index is 452. The van der Waals surface area contributed by atoms with Gasteiger partial charge in [0.15, 0.2) is 0 Å². The van der Waals surface area contributed by atoms with Gasteiger partial charge in [-0.1, -0.05) is 0 Å². The van der Waals surface area contributed by atoms with Gasteiger partial charge in [-0.25, -0.2) is 0 Å². The predicted molar refractivity (Wildman–Crippen MR) is 62.8 cm³/mol. The molecule has 0 spiro atoms. The standard InChI is InChI=1S/C12H14N2O3/c1-8(16-2)12(15)14-10-5-4-9(7-13)6-11(10)17-3/h4-6,8H,1-3H3,(H,14,15). The van der Waals surface area contributed by atoms with Crippen molar-refractivity contribution < 1.29 is 14.3 Å². The van der Waals surface area contributed by atoms with E-state index in [9.17, 15) is 4.79 Å². The van der Waals surface area contributed by atoms with Gasteiger partial charge in [-0.05, 0) is 19.1 Å². The van der Waals surface area contributed by atoms with Crippen molar-refractivity contribution in [3.05, 3.63) is 23.8 Å². The van der Waals surface area contributed by atoms with Crippen molar-refractivity contribution in [2.75, 3.05) is 19.5 Å². The summed E-state index contributed by atoms with van der Waals surface area (Å²) in [7, 11) is 2.94. The number of carbonyl (C=O) groups is 1. The molecular formula is C12H14N2O3. The fourth-order valence-electron chi connectivity index (χ4n) is 1.21. The van der Waals surface area contributed by atoms with Gasteiger partial charge in [0.2, 0.25) is 0 Å². The first-order chi connectivity index (χ1) is 8.12. The molecule has 1 aromatic rings. The van der Waals surface area contributed by atoms with Crippen molar-refractivity contribution in [2.24, 2.45) is 0 Å². The molecule has 0 fully saturated rings. The van der Waals surface area contributed by atoms with Gasteiger partial charge in [0.1, 0.15) is 11.9 Å². The summed E-state index contributed by atoms with van der Waals surface area (Å²) in [4.78, 5) is 11.6. The Morgan fingerprint density at radius 1 is 1.47 bits per heavy atom. The summed E-state index contributed by atoms with van der Waals surface area (Å²) < 4.78 is 9.99. The number of nitrogens with one attached hydrogen (secondary N) is 1. The number of methoxy groups -OCH3 is 2. The third-order valence-electron chi connectivity index (χ3n) is 2.31. The normalized spacial score (nSPS) is 11.4. The zero-order valence-corrected chi connectivity index (χ0v) is 9.98. The molecule has 1 amide bonds. The molecule has 1 N–H and O–H groups in total. The van der Waals surface area contributed by atoms with Crippen LogP contribution in [0.3, 0.4) is 0 Å². The summed E-state index contributed by atoms with van der Waals surface area (Å²) in [6.07, 6.45) is -0.546. The topological polar surface area (TPSA) is 71.3 Å². The number of rotatable bonds is 4. The zero-order chi connectivity index (χ0) is 12.8. The highest BCUT2D eigenvalue weighted by atomic mass is 16.5. The minimum atomic E-state index is -0.546. The van der Waals surface area contributed by atoms with Crippen LogP contribution < -0.4 is 10.1 Å². The third kappa shape index (κ3) is 3.20. The maximum Gasteiger partial charge on any atom is 0.253 e. The number of amides is 1. The highest BCUT2D eigenvalue weighted by molar-refractivity contribution is 5.95. The maximum atomic E-state index is 11.6. The Balaban J connectivity index is 2.92. The van der Waals surface area contributed by atoms with Crippen LogP contribution in [0.1, 0.15) is 12.5 Å². The van der Waals surface area contributed by atoms with Crippen LogP contribution in [-0.2, 0) is 9.53 Å². The largest absolute Gasteiger partial charge is 0.495 e. The highest BCUT2D eigenvalue weighted by Crippen LogP contribution is 2.25. The number of ether oxygens (including phenoxy) is 2. The molecule has 0 aliphatic heterocycles. The van der Waals surface area contributed by atoms with E-state index in [-0.39, 0.29) is 5.91 Å². The fourth-order valence-corrected chi connectivity index (χ4v) is 1.21. The van der Waals surface area contributed by atoms with Crippen LogP contribution in [0.5, 0.6) is 5.75 Å². The molecule has 90 valence electrons. The van der Waals surface area contributed by atoms with Crippen LogP contribution in [0.4, 0.5) is 5.69 Å². The van der Waals surface area contributed by atoms with Crippen molar-refractivity contribution in [1.82, 2.24) is 0 Å². The molecule has 0 saturated heterocycles. The van der Waals surface area contributed by atoms with Crippen molar-refractivity contribution >= 4 is 11.6 Å². The molecule has 1 aromatic carbocycles. The quantitative estimate of drug-likeness (QED) is 0.857. The lowest BCUT2D eigenvalue weighted by Gasteiger charge is -2.13. The lowest BCUT2D eigenvalue weighted by Crippen LogP contribution is -2.26. The van der Waals surface area contributed by atoms with Gasteiger partial charge in [-0.15, -0.1) is 0 Å². The number of anilines is 1. The van der Waals surface area contributed by atoms with E-state index in [0.29, 0.717) is 17.0 Å². The third-order valence-corrected chi connectivity index (χ3v) is 2.31. The Morgan fingerprint density at radius 2 is 2.18 bits per heavy atom. The summed E-state index contributed by atoms with van der Waals surface area (Å²) in [6, 6.07) is 6.79. The second-order valence-electron chi connectivity index (χ2n) is 3.39. The summed E-state index contributed by atoms with van der Waals surface area (Å²) in [5.41, 5.74) is 0.986. The molecule has 5 nitrogen and oxygen atoms in total. The fraction of sp³-hybridized carbons (Fsp3) is 0.333. The van der Waals surface area contributed by atoms with E-state index in [4.69, 9.17) is 14.7 Å². The van der Waals surface area contributed by atoms with Crippen LogP contribution >= 0.6 is 0 Å². The molecule has 0 aliphatic carbocycles. The number of nitriles is 1. The van der Waals surface area contributed by atoms with Crippen LogP contribution in [0.2, 0.25) is 0 Å². The van der Waals surface area contributed by atoms with E-state index in [2.05, 4.69) is 5.32 Å². The monoisotopic (exact) mass is 234 g/mol. The van der Waals surface area contributed by atoms with E-state index in [1.807, 2.05) is 6.07 Å². The number of hydrogen-bond donors (Lipinski definition) is 1. The number of hydrogen-bond acceptors (Lipinski definition) is 4. The van der Waals surface area contributed by atoms with Crippen molar-refractivity contribution in [2.45, 2.75) is 13.0 Å². The summed E-state index contributed by atoms with van der Waals surface area (Å²) >= 11 is 0. The lowest BCUT2D eigenvalue weighted by atomic mass is 10.2. The molecule has 1 unspecified atom stereocenters. The second-order valence-corrected chi connectivity index (χ2v) is 3.39. The van der Waals surface area contributed by atoms with E-state index >= 15 is 0 Å². The molecular weight excluding hydrogens is 220 g/mol. The minimum absolute atomic E-state index is 0.268. The average Bonchev–Trinajstić information content (AvgIpc) is 2.37. The molecule has 0 bridgehead atoms. The van der Waals surface area contributed by atoms with Crippen molar-refractivity contribution in [3.63, 3.8) is 0 Å². The SMILES string of the molecule is COc1cc(C#N)ccc1NC(=O)C(C)OC. The van der Waals surface area contributed by atoms with Crippen LogP contribution in [0.15, 0.2) is 18.2 Å². The first kappa shape index (κ1) is 13.0. The molecule has 0 heterocycles. The first-order valence-corrected chi connectivity index (χ1v) is 5.04. The van der Waals surface area contributed by atoms with Gasteiger partial charge in [-0.2, -0.15) is 5.26 Å². The van der Waals surface area contributed by atoms with Gasteiger partial charge >= 0.3 is 0 Å². The van der Waals surface area contributed by atoms with E-state index < -0.39 is 6.10 Å². The Morgan fingerprint density at radius 3 is 2.71 bits per heavy atom. The van der Waals surface area contributed by atoms with E-state index in [1.165, 1.54) is 14.2 Å². The molecule has 0 aromatic heterocycles. The Hall–Kier alpha value is -2.06. The average molecular weight is 234 g/mol.